The number of ether oxygens (including phenoxy) is 2. The summed E-state index contributed by atoms with van der Waals surface area (Å²) < 4.78 is 11.7. The molecule has 0 unspecified atom stereocenters. The average molecular weight is 306 g/mol. The molecule has 1 saturated heterocycles. The standard InChI is InChI=1S/C21H22O2/c1-3-15-8-6-10-18-19(15)11-16-7-4-5-9-17(16)20(18)23-14-21(2)12-22-13-21/h4-11H,3,12-14H2,1-2H3. The minimum atomic E-state index is 0.144. The van der Waals surface area contributed by atoms with E-state index in [1.807, 2.05) is 0 Å². The second-order valence-corrected chi connectivity index (χ2v) is 6.88. The SMILES string of the molecule is CCc1cccc2c(OCC3(C)COC3)c3ccccc3cc12. The molecule has 0 atom stereocenters. The molecule has 118 valence electrons. The van der Waals surface area contributed by atoms with E-state index in [2.05, 4.69) is 62.4 Å². The average Bonchev–Trinajstić information content (AvgIpc) is 2.56. The lowest BCUT2D eigenvalue weighted by atomic mass is 9.90. The monoisotopic (exact) mass is 306 g/mol. The Kier molecular flexibility index (Phi) is 3.50. The van der Waals surface area contributed by atoms with Crippen LogP contribution in [0.3, 0.4) is 0 Å². The van der Waals surface area contributed by atoms with E-state index >= 15 is 0 Å². The lowest BCUT2D eigenvalue weighted by Gasteiger charge is -2.37. The van der Waals surface area contributed by atoms with Gasteiger partial charge in [0.2, 0.25) is 0 Å². The van der Waals surface area contributed by atoms with Crippen molar-refractivity contribution in [3.05, 3.63) is 54.1 Å². The zero-order chi connectivity index (χ0) is 15.9. The van der Waals surface area contributed by atoms with Gasteiger partial charge in [0.05, 0.1) is 19.8 Å². The van der Waals surface area contributed by atoms with Crippen molar-refractivity contribution in [3.63, 3.8) is 0 Å². The smallest absolute Gasteiger partial charge is 0.134 e. The van der Waals surface area contributed by atoms with Gasteiger partial charge in [-0.15, -0.1) is 0 Å². The lowest BCUT2D eigenvalue weighted by molar-refractivity contribution is -0.120. The normalized spacial score (nSPS) is 16.4. The van der Waals surface area contributed by atoms with Gasteiger partial charge in [-0.1, -0.05) is 56.3 Å². The zero-order valence-corrected chi connectivity index (χ0v) is 13.8. The van der Waals surface area contributed by atoms with E-state index < -0.39 is 0 Å². The van der Waals surface area contributed by atoms with E-state index in [9.17, 15) is 0 Å². The number of rotatable bonds is 4. The minimum Gasteiger partial charge on any atom is -0.492 e. The molecule has 1 aliphatic heterocycles. The van der Waals surface area contributed by atoms with Gasteiger partial charge in [0.1, 0.15) is 5.75 Å². The number of fused-ring (bicyclic) bond motifs is 2. The number of benzene rings is 3. The molecule has 1 fully saturated rings. The fourth-order valence-electron chi connectivity index (χ4n) is 3.36. The molecule has 3 aromatic rings. The number of hydrogen-bond donors (Lipinski definition) is 0. The summed E-state index contributed by atoms with van der Waals surface area (Å²) in [5.41, 5.74) is 1.52. The predicted octanol–water partition coefficient (Wildman–Crippen LogP) is 4.97. The van der Waals surface area contributed by atoms with Crippen molar-refractivity contribution < 1.29 is 9.47 Å². The van der Waals surface area contributed by atoms with E-state index in [1.54, 1.807) is 0 Å². The van der Waals surface area contributed by atoms with Crippen molar-refractivity contribution in [2.75, 3.05) is 19.8 Å². The topological polar surface area (TPSA) is 18.5 Å². The molecule has 23 heavy (non-hydrogen) atoms. The van der Waals surface area contributed by atoms with Crippen LogP contribution in [0.1, 0.15) is 19.4 Å². The van der Waals surface area contributed by atoms with Crippen molar-refractivity contribution in [2.45, 2.75) is 20.3 Å². The molecule has 0 saturated carbocycles. The van der Waals surface area contributed by atoms with Crippen LogP contribution in [0.15, 0.2) is 48.5 Å². The van der Waals surface area contributed by atoms with Crippen molar-refractivity contribution in [1.29, 1.82) is 0 Å². The third-order valence-electron chi connectivity index (χ3n) is 4.79. The molecule has 1 heterocycles. The Labute approximate surface area is 137 Å². The van der Waals surface area contributed by atoms with Crippen LogP contribution in [0.2, 0.25) is 0 Å². The van der Waals surface area contributed by atoms with Gasteiger partial charge in [-0.3, -0.25) is 0 Å². The van der Waals surface area contributed by atoms with Gasteiger partial charge in [0.25, 0.3) is 0 Å². The van der Waals surface area contributed by atoms with Gasteiger partial charge < -0.3 is 9.47 Å². The van der Waals surface area contributed by atoms with Crippen LogP contribution in [-0.2, 0) is 11.2 Å². The quantitative estimate of drug-likeness (QED) is 0.634. The van der Waals surface area contributed by atoms with Crippen LogP contribution in [-0.4, -0.2) is 19.8 Å². The van der Waals surface area contributed by atoms with Gasteiger partial charge >= 0.3 is 0 Å². The molecule has 2 nitrogen and oxygen atoms in total. The number of aryl methyl sites for hydroxylation is 1. The van der Waals surface area contributed by atoms with Gasteiger partial charge in [0.15, 0.2) is 0 Å². The summed E-state index contributed by atoms with van der Waals surface area (Å²) in [6.07, 6.45) is 1.03. The van der Waals surface area contributed by atoms with Gasteiger partial charge in [-0.05, 0) is 28.8 Å². The van der Waals surface area contributed by atoms with Crippen molar-refractivity contribution >= 4 is 21.5 Å². The molecule has 0 aromatic heterocycles. The fraction of sp³-hybridized carbons (Fsp3) is 0.333. The largest absolute Gasteiger partial charge is 0.492 e. The maximum Gasteiger partial charge on any atom is 0.134 e. The van der Waals surface area contributed by atoms with Gasteiger partial charge in [0, 0.05) is 16.2 Å². The van der Waals surface area contributed by atoms with E-state index in [4.69, 9.17) is 9.47 Å². The lowest BCUT2D eigenvalue weighted by Crippen LogP contribution is -2.44. The van der Waals surface area contributed by atoms with Crippen molar-refractivity contribution in [3.8, 4) is 5.75 Å². The summed E-state index contributed by atoms with van der Waals surface area (Å²) in [7, 11) is 0. The third-order valence-corrected chi connectivity index (χ3v) is 4.79. The Balaban J connectivity index is 1.89. The van der Waals surface area contributed by atoms with Crippen LogP contribution in [0.25, 0.3) is 21.5 Å². The van der Waals surface area contributed by atoms with Crippen LogP contribution in [0.4, 0.5) is 0 Å². The summed E-state index contributed by atoms with van der Waals surface area (Å²) >= 11 is 0. The highest BCUT2D eigenvalue weighted by atomic mass is 16.5. The molecule has 0 amide bonds. The third kappa shape index (κ3) is 2.47. The van der Waals surface area contributed by atoms with Crippen molar-refractivity contribution in [1.82, 2.24) is 0 Å². The second kappa shape index (κ2) is 5.54. The molecule has 0 aliphatic carbocycles. The Morgan fingerprint density at radius 1 is 1.00 bits per heavy atom. The Hall–Kier alpha value is -2.06. The molecule has 2 heteroatoms. The summed E-state index contributed by atoms with van der Waals surface area (Å²) in [6, 6.07) is 17.3. The molecule has 3 aromatic carbocycles. The van der Waals surface area contributed by atoms with Crippen LogP contribution in [0.5, 0.6) is 5.75 Å². The molecule has 0 bridgehead atoms. The maximum absolute atomic E-state index is 6.36. The highest BCUT2D eigenvalue weighted by Gasteiger charge is 2.34. The maximum atomic E-state index is 6.36. The fourth-order valence-corrected chi connectivity index (χ4v) is 3.36. The van der Waals surface area contributed by atoms with Crippen LogP contribution in [0, 0.1) is 5.41 Å². The van der Waals surface area contributed by atoms with Crippen molar-refractivity contribution in [2.24, 2.45) is 5.41 Å². The summed E-state index contributed by atoms with van der Waals surface area (Å²) in [5.74, 6) is 1.02. The molecule has 0 radical (unpaired) electrons. The molecule has 4 rings (SSSR count). The summed E-state index contributed by atoms with van der Waals surface area (Å²) in [6.45, 7) is 6.71. The van der Waals surface area contributed by atoms with Gasteiger partial charge in [-0.25, -0.2) is 0 Å². The Morgan fingerprint density at radius 3 is 2.52 bits per heavy atom. The first kappa shape index (κ1) is 14.5. The molecule has 1 aliphatic rings. The Morgan fingerprint density at radius 2 is 1.78 bits per heavy atom. The van der Waals surface area contributed by atoms with E-state index in [-0.39, 0.29) is 5.41 Å². The molecule has 0 N–H and O–H groups in total. The summed E-state index contributed by atoms with van der Waals surface area (Å²) in [4.78, 5) is 0. The van der Waals surface area contributed by atoms with Crippen LogP contribution < -0.4 is 4.74 Å². The first-order valence-corrected chi connectivity index (χ1v) is 8.34. The van der Waals surface area contributed by atoms with Crippen LogP contribution >= 0.6 is 0 Å². The first-order valence-electron chi connectivity index (χ1n) is 8.34. The van der Waals surface area contributed by atoms with E-state index in [0.717, 1.165) is 25.4 Å². The number of hydrogen-bond acceptors (Lipinski definition) is 2. The van der Waals surface area contributed by atoms with Gasteiger partial charge in [-0.2, -0.15) is 0 Å². The molecule has 0 spiro atoms. The highest BCUT2D eigenvalue weighted by Crippen LogP contribution is 2.38. The highest BCUT2D eigenvalue weighted by molar-refractivity contribution is 6.06. The first-order chi connectivity index (χ1) is 11.2. The zero-order valence-electron chi connectivity index (χ0n) is 13.8. The summed E-state index contributed by atoms with van der Waals surface area (Å²) in [5, 5.41) is 4.95. The van der Waals surface area contributed by atoms with E-state index in [0.29, 0.717) is 6.61 Å². The Bertz CT molecular complexity index is 862. The predicted molar refractivity (Wildman–Crippen MR) is 95.3 cm³/mol. The molecular formula is C21H22O2. The second-order valence-electron chi connectivity index (χ2n) is 6.88. The minimum absolute atomic E-state index is 0.144. The van der Waals surface area contributed by atoms with E-state index in [1.165, 1.54) is 27.1 Å². The molecular weight excluding hydrogens is 284 g/mol.